The summed E-state index contributed by atoms with van der Waals surface area (Å²) in [6.07, 6.45) is 7.88. The molecule has 0 amide bonds. The maximum atomic E-state index is 5.82. The average molecular weight is 256 g/mol. The Morgan fingerprint density at radius 1 is 1.05 bits per heavy atom. The van der Waals surface area contributed by atoms with Crippen molar-refractivity contribution in [1.29, 1.82) is 0 Å². The highest BCUT2D eigenvalue weighted by Crippen LogP contribution is 2.22. The van der Waals surface area contributed by atoms with Crippen LogP contribution >= 0.6 is 0 Å². The lowest BCUT2D eigenvalue weighted by Crippen LogP contribution is -2.00. The molecular formula is C19H17B. The molecule has 0 saturated heterocycles. The van der Waals surface area contributed by atoms with E-state index in [2.05, 4.69) is 49.1 Å². The van der Waals surface area contributed by atoms with Gasteiger partial charge in [0.15, 0.2) is 0 Å². The molecule has 0 unspecified atom stereocenters. The van der Waals surface area contributed by atoms with Crippen molar-refractivity contribution in [2.75, 3.05) is 0 Å². The summed E-state index contributed by atoms with van der Waals surface area (Å²) in [4.78, 5) is 0. The molecule has 96 valence electrons. The molecular weight excluding hydrogens is 239 g/mol. The fourth-order valence-electron chi connectivity index (χ4n) is 2.10. The van der Waals surface area contributed by atoms with Crippen LogP contribution in [0.15, 0.2) is 79.4 Å². The van der Waals surface area contributed by atoms with Gasteiger partial charge in [-0.25, -0.2) is 0 Å². The fraction of sp³-hybridized carbons (Fsp3) is 0.0526. The Hall–Kier alpha value is -2.28. The zero-order chi connectivity index (χ0) is 14.4. The average Bonchev–Trinajstić information content (AvgIpc) is 2.49. The van der Waals surface area contributed by atoms with Crippen molar-refractivity contribution in [1.82, 2.24) is 0 Å². The predicted octanol–water partition coefficient (Wildman–Crippen LogP) is 4.29. The van der Waals surface area contributed by atoms with Gasteiger partial charge in [0.05, 0.1) is 0 Å². The van der Waals surface area contributed by atoms with E-state index in [-0.39, 0.29) is 0 Å². The molecule has 0 fully saturated rings. The first kappa shape index (κ1) is 14.1. The summed E-state index contributed by atoms with van der Waals surface area (Å²) in [5.74, 6) is 0. The molecule has 0 aromatic heterocycles. The van der Waals surface area contributed by atoms with E-state index in [0.29, 0.717) is 0 Å². The van der Waals surface area contributed by atoms with Crippen LogP contribution in [-0.4, -0.2) is 7.85 Å². The van der Waals surface area contributed by atoms with Crippen LogP contribution in [0.3, 0.4) is 0 Å². The van der Waals surface area contributed by atoms with Crippen LogP contribution in [0, 0.1) is 0 Å². The summed E-state index contributed by atoms with van der Waals surface area (Å²) in [5, 5.41) is 0. The molecule has 20 heavy (non-hydrogen) atoms. The molecule has 0 aliphatic rings. The van der Waals surface area contributed by atoms with Crippen molar-refractivity contribution in [3.63, 3.8) is 0 Å². The third kappa shape index (κ3) is 3.39. The van der Waals surface area contributed by atoms with E-state index in [1.165, 1.54) is 16.7 Å². The van der Waals surface area contributed by atoms with Gasteiger partial charge in [0.1, 0.15) is 7.85 Å². The van der Waals surface area contributed by atoms with Crippen LogP contribution in [0.5, 0.6) is 0 Å². The van der Waals surface area contributed by atoms with Crippen LogP contribution in [0.25, 0.3) is 16.7 Å². The Bertz CT molecular complexity index is 646. The molecule has 2 aromatic carbocycles. The second-order valence-corrected chi connectivity index (χ2v) is 4.54. The Labute approximate surface area is 122 Å². The molecule has 0 aliphatic carbocycles. The summed E-state index contributed by atoms with van der Waals surface area (Å²) in [6.45, 7) is 5.73. The lowest BCUT2D eigenvalue weighted by atomic mass is 9.92. The van der Waals surface area contributed by atoms with E-state index in [4.69, 9.17) is 7.85 Å². The first-order valence-electron chi connectivity index (χ1n) is 6.66. The lowest BCUT2D eigenvalue weighted by Gasteiger charge is -2.06. The van der Waals surface area contributed by atoms with Gasteiger partial charge in [-0.3, -0.25) is 0 Å². The Balaban J connectivity index is 2.30. The van der Waals surface area contributed by atoms with Gasteiger partial charge in [-0.1, -0.05) is 84.9 Å². The molecule has 2 rings (SSSR count). The van der Waals surface area contributed by atoms with E-state index >= 15 is 0 Å². The predicted molar refractivity (Wildman–Crippen MR) is 90.3 cm³/mol. The van der Waals surface area contributed by atoms with Gasteiger partial charge in [0.25, 0.3) is 0 Å². The summed E-state index contributed by atoms with van der Waals surface area (Å²) in [5.41, 5.74) is 5.47. The molecule has 0 spiro atoms. The van der Waals surface area contributed by atoms with Gasteiger partial charge >= 0.3 is 0 Å². The van der Waals surface area contributed by atoms with Gasteiger partial charge in [0, 0.05) is 0 Å². The summed E-state index contributed by atoms with van der Waals surface area (Å²) in [7, 11) is 5.82. The SMILES string of the molecule is [B]c1cccc(-c2ccc(C(/C=C\C=C)=C/C)cc2)c1. The highest BCUT2D eigenvalue weighted by molar-refractivity contribution is 6.32. The zero-order valence-corrected chi connectivity index (χ0v) is 11.7. The first-order chi connectivity index (χ1) is 9.74. The third-order valence-corrected chi connectivity index (χ3v) is 3.16. The molecule has 0 saturated carbocycles. The van der Waals surface area contributed by atoms with E-state index in [1.54, 1.807) is 6.08 Å². The molecule has 0 nitrogen and oxygen atoms in total. The summed E-state index contributed by atoms with van der Waals surface area (Å²) >= 11 is 0. The summed E-state index contributed by atoms with van der Waals surface area (Å²) in [6, 6.07) is 16.4. The topological polar surface area (TPSA) is 0 Å². The van der Waals surface area contributed by atoms with Gasteiger partial charge < -0.3 is 0 Å². The molecule has 0 N–H and O–H groups in total. The minimum atomic E-state index is 0.787. The molecule has 0 heterocycles. The van der Waals surface area contributed by atoms with Crippen LogP contribution in [0.1, 0.15) is 12.5 Å². The second kappa shape index (κ2) is 6.77. The maximum absolute atomic E-state index is 5.82. The molecule has 0 atom stereocenters. The fourth-order valence-corrected chi connectivity index (χ4v) is 2.10. The van der Waals surface area contributed by atoms with Crippen LogP contribution in [0.4, 0.5) is 0 Å². The van der Waals surface area contributed by atoms with Gasteiger partial charge in [-0.2, -0.15) is 0 Å². The largest absolute Gasteiger partial charge is 0.113 e. The molecule has 2 radical (unpaired) electrons. The van der Waals surface area contributed by atoms with Crippen LogP contribution < -0.4 is 5.46 Å². The van der Waals surface area contributed by atoms with Crippen LogP contribution in [-0.2, 0) is 0 Å². The Morgan fingerprint density at radius 3 is 2.40 bits per heavy atom. The monoisotopic (exact) mass is 256 g/mol. The van der Waals surface area contributed by atoms with Crippen LogP contribution in [0.2, 0.25) is 0 Å². The molecule has 0 bridgehead atoms. The van der Waals surface area contributed by atoms with Gasteiger partial charge in [0.2, 0.25) is 0 Å². The van der Waals surface area contributed by atoms with Crippen molar-refractivity contribution in [2.24, 2.45) is 0 Å². The lowest BCUT2D eigenvalue weighted by molar-refractivity contribution is 1.57. The molecule has 1 heteroatoms. The van der Waals surface area contributed by atoms with Crippen molar-refractivity contribution in [3.05, 3.63) is 85.0 Å². The van der Waals surface area contributed by atoms with Crippen molar-refractivity contribution >= 4 is 18.9 Å². The smallest absolute Gasteiger partial charge is 0.0991 e. The van der Waals surface area contributed by atoms with Crippen molar-refractivity contribution in [2.45, 2.75) is 6.92 Å². The Morgan fingerprint density at radius 2 is 1.80 bits per heavy atom. The minimum absolute atomic E-state index is 0.787. The molecule has 0 aliphatic heterocycles. The number of allylic oxidation sites excluding steroid dienone is 5. The third-order valence-electron chi connectivity index (χ3n) is 3.16. The normalized spacial score (nSPS) is 11.8. The zero-order valence-electron chi connectivity index (χ0n) is 11.7. The highest BCUT2D eigenvalue weighted by atomic mass is 14.0. The van der Waals surface area contributed by atoms with E-state index < -0.39 is 0 Å². The van der Waals surface area contributed by atoms with Crippen molar-refractivity contribution in [3.8, 4) is 11.1 Å². The number of benzene rings is 2. The maximum Gasteiger partial charge on any atom is 0.113 e. The minimum Gasteiger partial charge on any atom is -0.0991 e. The Kier molecular flexibility index (Phi) is 4.78. The quantitative estimate of drug-likeness (QED) is 0.565. The first-order valence-corrected chi connectivity index (χ1v) is 6.66. The number of hydrogen-bond donors (Lipinski definition) is 0. The van der Waals surface area contributed by atoms with E-state index in [9.17, 15) is 0 Å². The number of hydrogen-bond acceptors (Lipinski definition) is 0. The van der Waals surface area contributed by atoms with Gasteiger partial charge in [-0.15, -0.1) is 0 Å². The highest BCUT2D eigenvalue weighted by Gasteiger charge is 2.00. The standard InChI is InChI=1S/C19H17B/c1-3-5-7-15(4-2)16-10-12-17(13-11-16)18-8-6-9-19(20)14-18/h3-14H,1H2,2H3/b7-5-,15-4+. The second-order valence-electron chi connectivity index (χ2n) is 4.54. The molecule has 2 aromatic rings. The van der Waals surface area contributed by atoms with Gasteiger partial charge in [-0.05, 0) is 29.2 Å². The number of rotatable bonds is 4. The van der Waals surface area contributed by atoms with E-state index in [0.717, 1.165) is 11.0 Å². The summed E-state index contributed by atoms with van der Waals surface area (Å²) < 4.78 is 0. The van der Waals surface area contributed by atoms with Crippen molar-refractivity contribution < 1.29 is 0 Å². The van der Waals surface area contributed by atoms with E-state index in [1.807, 2.05) is 31.2 Å².